The molecule has 0 spiro atoms. The summed E-state index contributed by atoms with van der Waals surface area (Å²) in [4.78, 5) is 26.9. The first-order valence-electron chi connectivity index (χ1n) is 7.98. The molecular weight excluding hydrogens is 304 g/mol. The molecule has 1 atom stereocenters. The van der Waals surface area contributed by atoms with Gasteiger partial charge in [-0.1, -0.05) is 12.1 Å². The van der Waals surface area contributed by atoms with Gasteiger partial charge in [-0.2, -0.15) is 0 Å². The van der Waals surface area contributed by atoms with Gasteiger partial charge in [-0.15, -0.1) is 0 Å². The van der Waals surface area contributed by atoms with E-state index in [2.05, 4.69) is 10.2 Å². The molecule has 0 saturated heterocycles. The molecule has 0 aromatic heterocycles. The van der Waals surface area contributed by atoms with E-state index in [-0.39, 0.29) is 17.9 Å². The number of aryl methyl sites for hydroxylation is 1. The van der Waals surface area contributed by atoms with Crippen molar-refractivity contribution in [1.29, 1.82) is 0 Å². The van der Waals surface area contributed by atoms with Gasteiger partial charge in [-0.3, -0.25) is 9.59 Å². The number of methoxy groups -OCH3 is 1. The van der Waals surface area contributed by atoms with Crippen LogP contribution in [0.15, 0.2) is 36.4 Å². The summed E-state index contributed by atoms with van der Waals surface area (Å²) in [5, 5.41) is 3.07. The Kier molecular flexibility index (Phi) is 3.30. The summed E-state index contributed by atoms with van der Waals surface area (Å²) in [6, 6.07) is 11.2. The van der Waals surface area contributed by atoms with Gasteiger partial charge in [-0.05, 0) is 42.3 Å². The molecule has 122 valence electrons. The molecule has 1 N–H and O–H groups in total. The second kappa shape index (κ2) is 5.37. The van der Waals surface area contributed by atoms with Gasteiger partial charge in [-0.25, -0.2) is 0 Å². The Hall–Kier alpha value is -2.82. The van der Waals surface area contributed by atoms with E-state index in [0.717, 1.165) is 22.6 Å². The summed E-state index contributed by atoms with van der Waals surface area (Å²) in [6.45, 7) is 2.57. The van der Waals surface area contributed by atoms with Crippen LogP contribution in [0, 0.1) is 6.92 Å². The van der Waals surface area contributed by atoms with E-state index in [1.54, 1.807) is 19.2 Å². The molecule has 5 heteroatoms. The van der Waals surface area contributed by atoms with Gasteiger partial charge in [0.25, 0.3) is 5.91 Å². The molecule has 0 fully saturated rings. The molecule has 2 aromatic rings. The number of amides is 1. The summed E-state index contributed by atoms with van der Waals surface area (Å²) in [5.41, 5.74) is 3.97. The van der Waals surface area contributed by atoms with Crippen LogP contribution in [0.5, 0.6) is 5.75 Å². The van der Waals surface area contributed by atoms with Crippen molar-refractivity contribution in [2.45, 2.75) is 19.5 Å². The third kappa shape index (κ3) is 2.08. The fourth-order valence-electron chi connectivity index (χ4n) is 3.60. The van der Waals surface area contributed by atoms with E-state index in [0.29, 0.717) is 24.1 Å². The van der Waals surface area contributed by atoms with Gasteiger partial charge in [0.05, 0.1) is 18.4 Å². The average molecular weight is 322 g/mol. The molecule has 24 heavy (non-hydrogen) atoms. The molecule has 4 rings (SSSR count). The number of anilines is 1. The first-order valence-corrected chi connectivity index (χ1v) is 7.98. The molecule has 0 saturated carbocycles. The third-order valence-corrected chi connectivity index (χ3v) is 4.76. The Labute approximate surface area is 140 Å². The first kappa shape index (κ1) is 14.8. The molecular formula is C19H18N2O3. The number of carbonyl (C=O) groups excluding carboxylic acids is 2. The number of carbonyl (C=O) groups is 2. The lowest BCUT2D eigenvalue weighted by atomic mass is 9.92. The summed E-state index contributed by atoms with van der Waals surface area (Å²) in [7, 11) is 1.64. The van der Waals surface area contributed by atoms with Gasteiger partial charge < -0.3 is 15.0 Å². The highest BCUT2D eigenvalue weighted by atomic mass is 16.5. The SMILES string of the molecule is COc1ccc(C2NC(=O)c3cccc4c3N2CCC4=O)cc1C. The van der Waals surface area contributed by atoms with Crippen LogP contribution in [0.1, 0.15) is 44.4 Å². The molecule has 0 radical (unpaired) electrons. The number of rotatable bonds is 2. The number of hydrogen-bond donors (Lipinski definition) is 1. The molecule has 1 amide bonds. The smallest absolute Gasteiger partial charge is 0.255 e. The van der Waals surface area contributed by atoms with E-state index in [9.17, 15) is 9.59 Å². The maximum Gasteiger partial charge on any atom is 0.255 e. The quantitative estimate of drug-likeness (QED) is 0.924. The molecule has 0 aliphatic carbocycles. The summed E-state index contributed by atoms with van der Waals surface area (Å²) in [5.74, 6) is 0.773. The second-order valence-electron chi connectivity index (χ2n) is 6.17. The lowest BCUT2D eigenvalue weighted by Gasteiger charge is -2.42. The molecule has 2 aromatic carbocycles. The van der Waals surface area contributed by atoms with Crippen LogP contribution in [0.3, 0.4) is 0 Å². The standard InChI is InChI=1S/C19H18N2O3/c1-11-10-12(6-7-16(11)24-2)18-20-19(23)14-5-3-4-13-15(22)8-9-21(18)17(13)14/h3-7,10,18H,8-9H2,1-2H3,(H,20,23). The van der Waals surface area contributed by atoms with Crippen LogP contribution < -0.4 is 15.0 Å². The molecule has 1 unspecified atom stereocenters. The molecule has 5 nitrogen and oxygen atoms in total. The van der Waals surface area contributed by atoms with Crippen LogP contribution in [-0.2, 0) is 0 Å². The van der Waals surface area contributed by atoms with Crippen molar-refractivity contribution in [3.63, 3.8) is 0 Å². The van der Waals surface area contributed by atoms with Gasteiger partial charge in [0, 0.05) is 18.5 Å². The van der Waals surface area contributed by atoms with Gasteiger partial charge in [0.1, 0.15) is 11.9 Å². The number of nitrogens with zero attached hydrogens (tertiary/aromatic N) is 1. The molecule has 0 bridgehead atoms. The Morgan fingerprint density at radius 1 is 1.17 bits per heavy atom. The molecule has 2 heterocycles. The topological polar surface area (TPSA) is 58.6 Å². The van der Waals surface area contributed by atoms with Gasteiger partial charge in [0.15, 0.2) is 5.78 Å². The fourth-order valence-corrected chi connectivity index (χ4v) is 3.60. The van der Waals surface area contributed by atoms with Crippen molar-refractivity contribution in [2.75, 3.05) is 18.6 Å². The Bertz CT molecular complexity index is 845. The number of hydrogen-bond acceptors (Lipinski definition) is 4. The summed E-state index contributed by atoms with van der Waals surface area (Å²) in [6.07, 6.45) is 0.182. The minimum absolute atomic E-state index is 0.0995. The van der Waals surface area contributed by atoms with Crippen LogP contribution in [-0.4, -0.2) is 25.3 Å². The summed E-state index contributed by atoms with van der Waals surface area (Å²) < 4.78 is 5.32. The molecule has 2 aliphatic rings. The predicted molar refractivity (Wildman–Crippen MR) is 90.7 cm³/mol. The fraction of sp³-hybridized carbons (Fsp3) is 0.263. The zero-order chi connectivity index (χ0) is 16.8. The van der Waals surface area contributed by atoms with Crippen LogP contribution in [0.2, 0.25) is 0 Å². The van der Waals surface area contributed by atoms with Crippen LogP contribution in [0.25, 0.3) is 0 Å². The van der Waals surface area contributed by atoms with E-state index in [1.807, 2.05) is 31.2 Å². The van der Waals surface area contributed by atoms with E-state index >= 15 is 0 Å². The van der Waals surface area contributed by atoms with Gasteiger partial charge in [0.2, 0.25) is 0 Å². The minimum atomic E-state index is -0.274. The highest BCUT2D eigenvalue weighted by Gasteiger charge is 2.37. The Morgan fingerprint density at radius 2 is 1.96 bits per heavy atom. The predicted octanol–water partition coefficient (Wildman–Crippen LogP) is 2.84. The third-order valence-electron chi connectivity index (χ3n) is 4.76. The maximum absolute atomic E-state index is 12.5. The monoisotopic (exact) mass is 322 g/mol. The van der Waals surface area contributed by atoms with Crippen molar-refractivity contribution in [1.82, 2.24) is 5.32 Å². The van der Waals surface area contributed by atoms with Crippen molar-refractivity contribution < 1.29 is 14.3 Å². The Morgan fingerprint density at radius 3 is 2.71 bits per heavy atom. The van der Waals surface area contributed by atoms with Crippen molar-refractivity contribution in [3.8, 4) is 5.75 Å². The zero-order valence-corrected chi connectivity index (χ0v) is 13.6. The second-order valence-corrected chi connectivity index (χ2v) is 6.17. The maximum atomic E-state index is 12.5. The normalized spacial score (nSPS) is 18.9. The lowest BCUT2D eigenvalue weighted by Crippen LogP contribution is -2.49. The van der Waals surface area contributed by atoms with E-state index in [4.69, 9.17) is 4.74 Å². The van der Waals surface area contributed by atoms with Crippen molar-refractivity contribution in [3.05, 3.63) is 58.7 Å². The van der Waals surface area contributed by atoms with Crippen LogP contribution in [0.4, 0.5) is 5.69 Å². The largest absolute Gasteiger partial charge is 0.496 e. The van der Waals surface area contributed by atoms with Crippen molar-refractivity contribution in [2.24, 2.45) is 0 Å². The molecule has 2 aliphatic heterocycles. The average Bonchev–Trinajstić information content (AvgIpc) is 2.59. The lowest BCUT2D eigenvalue weighted by molar-refractivity contribution is 0.0921. The number of para-hydroxylation sites is 1. The highest BCUT2D eigenvalue weighted by Crippen LogP contribution is 2.39. The van der Waals surface area contributed by atoms with E-state index in [1.165, 1.54) is 0 Å². The number of ether oxygens (including phenoxy) is 1. The summed E-state index contributed by atoms with van der Waals surface area (Å²) >= 11 is 0. The number of Topliss-reactive ketones (excluding diaryl/α,β-unsaturated/α-hetero) is 1. The van der Waals surface area contributed by atoms with Crippen molar-refractivity contribution >= 4 is 17.4 Å². The highest BCUT2D eigenvalue weighted by molar-refractivity contribution is 6.11. The van der Waals surface area contributed by atoms with Crippen LogP contribution >= 0.6 is 0 Å². The van der Waals surface area contributed by atoms with Gasteiger partial charge >= 0.3 is 0 Å². The Balaban J connectivity index is 1.84. The first-order chi connectivity index (χ1) is 11.6. The zero-order valence-electron chi connectivity index (χ0n) is 13.6. The number of benzene rings is 2. The minimum Gasteiger partial charge on any atom is -0.496 e. The van der Waals surface area contributed by atoms with E-state index < -0.39 is 0 Å². The number of nitrogens with one attached hydrogen (secondary N) is 1. The number of ketones is 1.